The van der Waals surface area contributed by atoms with Crippen molar-refractivity contribution in [2.75, 3.05) is 39.5 Å². The summed E-state index contributed by atoms with van der Waals surface area (Å²) in [4.78, 5) is 0. The summed E-state index contributed by atoms with van der Waals surface area (Å²) in [5.74, 6) is 3.63. The van der Waals surface area contributed by atoms with Crippen molar-refractivity contribution < 1.29 is 18.9 Å². The highest BCUT2D eigenvalue weighted by atomic mass is 16.5. The number of hydrogen-bond acceptors (Lipinski definition) is 6. The van der Waals surface area contributed by atoms with E-state index in [0.717, 1.165) is 62.0 Å². The highest BCUT2D eigenvalue weighted by Gasteiger charge is 2.18. The molecule has 0 unspecified atom stereocenters. The van der Waals surface area contributed by atoms with Crippen LogP contribution in [0.15, 0.2) is 97.1 Å². The zero-order valence-corrected chi connectivity index (χ0v) is 26.8. The molecule has 0 spiro atoms. The van der Waals surface area contributed by atoms with Gasteiger partial charge in [0.2, 0.25) is 0 Å². The summed E-state index contributed by atoms with van der Waals surface area (Å²) in [6, 6.07) is 33.9. The van der Waals surface area contributed by atoms with Gasteiger partial charge in [0.05, 0.1) is 26.4 Å². The van der Waals surface area contributed by atoms with Crippen molar-refractivity contribution in [1.29, 1.82) is 0 Å². The topological polar surface area (TPSA) is 43.4 Å². The summed E-state index contributed by atoms with van der Waals surface area (Å²) in [5.41, 5.74) is 4.97. The lowest BCUT2D eigenvalue weighted by atomic mass is 10.1. The van der Waals surface area contributed by atoms with Crippen LogP contribution in [0.25, 0.3) is 0 Å². The van der Waals surface area contributed by atoms with Gasteiger partial charge in [-0.1, -0.05) is 48.5 Å². The van der Waals surface area contributed by atoms with Crippen LogP contribution in [0.5, 0.6) is 23.0 Å². The molecule has 0 amide bonds. The fourth-order valence-corrected chi connectivity index (χ4v) is 5.26. The number of ether oxygens (including phenoxy) is 4. The molecule has 0 aliphatic carbocycles. The second-order valence-electron chi connectivity index (χ2n) is 10.6. The molecule has 6 nitrogen and oxygen atoms in total. The van der Waals surface area contributed by atoms with Gasteiger partial charge in [-0.3, -0.25) is 0 Å². The van der Waals surface area contributed by atoms with E-state index in [2.05, 4.69) is 88.9 Å². The van der Waals surface area contributed by atoms with Gasteiger partial charge < -0.3 is 18.9 Å². The van der Waals surface area contributed by atoms with Gasteiger partial charge in [-0.15, -0.1) is 0 Å². The largest absolute Gasteiger partial charge is 0.494 e. The third kappa shape index (κ3) is 10.6. The second-order valence-corrected chi connectivity index (χ2v) is 10.6. The molecule has 234 valence electrons. The van der Waals surface area contributed by atoms with Crippen LogP contribution in [0.4, 0.5) is 0 Å². The van der Waals surface area contributed by atoms with E-state index in [-0.39, 0.29) is 0 Å². The Bertz CT molecular complexity index is 1390. The Balaban J connectivity index is 1.62. The predicted molar refractivity (Wildman–Crippen MR) is 179 cm³/mol. The lowest BCUT2D eigenvalue weighted by Crippen LogP contribution is -2.44. The van der Waals surface area contributed by atoms with Crippen molar-refractivity contribution in [3.63, 3.8) is 0 Å². The van der Waals surface area contributed by atoms with Crippen molar-refractivity contribution in [3.8, 4) is 23.0 Å². The SMILES string of the molecule is CCOc1ccc(CCN(Cc2cccc(OCC)c2)N(CCc2cccc(OCC)c2)Cc2cccc(OCC)c2)cc1. The molecule has 0 N–H and O–H groups in total. The van der Waals surface area contributed by atoms with Crippen LogP contribution in [0, 0.1) is 0 Å². The molecule has 4 aromatic carbocycles. The lowest BCUT2D eigenvalue weighted by molar-refractivity contribution is -0.0397. The molecule has 0 atom stereocenters. The number of nitrogens with zero attached hydrogens (tertiary/aromatic N) is 2. The zero-order valence-electron chi connectivity index (χ0n) is 26.8. The van der Waals surface area contributed by atoms with Gasteiger partial charge in [0.15, 0.2) is 0 Å². The monoisotopic (exact) mass is 596 g/mol. The van der Waals surface area contributed by atoms with Crippen molar-refractivity contribution in [2.45, 2.75) is 53.6 Å². The lowest BCUT2D eigenvalue weighted by Gasteiger charge is -2.36. The molecule has 0 fully saturated rings. The minimum absolute atomic E-state index is 0.647. The standard InChI is InChI=1S/C38H48N2O4/c1-5-41-35-20-18-31(19-21-35)22-24-39(29-33-13-10-16-37(27-33)43-7-3)40(30-34-14-11-17-38(28-34)44-8-4)25-23-32-12-9-15-36(26-32)42-6-2/h9-21,26-28H,5-8,22-25,29-30H2,1-4H3. The van der Waals surface area contributed by atoms with E-state index in [0.29, 0.717) is 26.4 Å². The molecule has 0 aromatic heterocycles. The highest BCUT2D eigenvalue weighted by Crippen LogP contribution is 2.22. The van der Waals surface area contributed by atoms with Crippen molar-refractivity contribution in [1.82, 2.24) is 10.0 Å². The fraction of sp³-hybridized carbons (Fsp3) is 0.368. The summed E-state index contributed by atoms with van der Waals surface area (Å²) >= 11 is 0. The first-order valence-electron chi connectivity index (χ1n) is 16.0. The van der Waals surface area contributed by atoms with Gasteiger partial charge >= 0.3 is 0 Å². The minimum atomic E-state index is 0.647. The first kappa shape index (κ1) is 32.9. The molecule has 0 bridgehead atoms. The van der Waals surface area contributed by atoms with Crippen LogP contribution in [-0.4, -0.2) is 49.5 Å². The van der Waals surface area contributed by atoms with E-state index in [1.54, 1.807) is 0 Å². The molecule has 4 aromatic rings. The number of rotatable bonds is 19. The average molecular weight is 597 g/mol. The summed E-state index contributed by atoms with van der Waals surface area (Å²) in [6.07, 6.45) is 1.80. The summed E-state index contributed by atoms with van der Waals surface area (Å²) in [7, 11) is 0. The normalized spacial score (nSPS) is 11.1. The van der Waals surface area contributed by atoms with Crippen LogP contribution in [-0.2, 0) is 25.9 Å². The molecule has 0 radical (unpaired) electrons. The minimum Gasteiger partial charge on any atom is -0.494 e. The van der Waals surface area contributed by atoms with E-state index in [1.165, 1.54) is 22.3 Å². The van der Waals surface area contributed by atoms with Gasteiger partial charge in [-0.25, -0.2) is 10.0 Å². The molecular weight excluding hydrogens is 548 g/mol. The summed E-state index contributed by atoms with van der Waals surface area (Å²) < 4.78 is 23.2. The Labute approximate surface area is 264 Å². The molecule has 0 heterocycles. The van der Waals surface area contributed by atoms with E-state index in [9.17, 15) is 0 Å². The quantitative estimate of drug-likeness (QED) is 0.102. The first-order chi connectivity index (χ1) is 21.6. The third-order valence-corrected chi connectivity index (χ3v) is 7.31. The molecule has 6 heteroatoms. The maximum absolute atomic E-state index is 5.85. The summed E-state index contributed by atoms with van der Waals surface area (Å²) in [6.45, 7) is 13.9. The Morgan fingerprint density at radius 1 is 0.409 bits per heavy atom. The Hall–Kier alpha value is -4.00. The van der Waals surface area contributed by atoms with Crippen LogP contribution in [0.1, 0.15) is 49.9 Å². The summed E-state index contributed by atoms with van der Waals surface area (Å²) in [5, 5.41) is 4.97. The molecule has 4 rings (SSSR count). The van der Waals surface area contributed by atoms with Gasteiger partial charge in [0, 0.05) is 26.2 Å². The smallest absolute Gasteiger partial charge is 0.119 e. The highest BCUT2D eigenvalue weighted by molar-refractivity contribution is 5.31. The number of hydrogen-bond donors (Lipinski definition) is 0. The van der Waals surface area contributed by atoms with E-state index >= 15 is 0 Å². The van der Waals surface area contributed by atoms with Crippen LogP contribution in [0.3, 0.4) is 0 Å². The maximum Gasteiger partial charge on any atom is 0.119 e. The van der Waals surface area contributed by atoms with E-state index in [4.69, 9.17) is 18.9 Å². The Morgan fingerprint density at radius 3 is 1.25 bits per heavy atom. The number of benzene rings is 4. The van der Waals surface area contributed by atoms with Gasteiger partial charge in [-0.2, -0.15) is 0 Å². The molecule has 0 saturated heterocycles. The second kappa shape index (κ2) is 18.0. The van der Waals surface area contributed by atoms with Crippen molar-refractivity contribution in [3.05, 3.63) is 119 Å². The van der Waals surface area contributed by atoms with Crippen LogP contribution in [0.2, 0.25) is 0 Å². The third-order valence-electron chi connectivity index (χ3n) is 7.31. The predicted octanol–water partition coefficient (Wildman–Crippen LogP) is 7.99. The fourth-order valence-electron chi connectivity index (χ4n) is 5.26. The Kier molecular flexibility index (Phi) is 13.4. The van der Waals surface area contributed by atoms with Gasteiger partial charge in [-0.05, 0) is 111 Å². The van der Waals surface area contributed by atoms with E-state index in [1.807, 2.05) is 45.9 Å². The van der Waals surface area contributed by atoms with Gasteiger partial charge in [0.25, 0.3) is 0 Å². The van der Waals surface area contributed by atoms with E-state index < -0.39 is 0 Å². The molecule has 0 saturated carbocycles. The van der Waals surface area contributed by atoms with Crippen molar-refractivity contribution >= 4 is 0 Å². The Morgan fingerprint density at radius 2 is 0.795 bits per heavy atom. The van der Waals surface area contributed by atoms with Crippen LogP contribution < -0.4 is 18.9 Å². The van der Waals surface area contributed by atoms with Crippen molar-refractivity contribution in [2.24, 2.45) is 0 Å². The van der Waals surface area contributed by atoms with Crippen LogP contribution >= 0.6 is 0 Å². The average Bonchev–Trinajstić information content (AvgIpc) is 3.03. The molecular formula is C38H48N2O4. The maximum atomic E-state index is 5.85. The first-order valence-corrected chi connectivity index (χ1v) is 16.0. The molecule has 0 aliphatic heterocycles. The number of hydrazine groups is 1. The zero-order chi connectivity index (χ0) is 31.0. The molecule has 0 aliphatic rings. The van der Waals surface area contributed by atoms with Gasteiger partial charge in [0.1, 0.15) is 23.0 Å². The molecule has 44 heavy (non-hydrogen) atoms.